The Morgan fingerprint density at radius 3 is 2.91 bits per heavy atom. The van der Waals surface area contributed by atoms with E-state index in [1.165, 1.54) is 0 Å². The highest BCUT2D eigenvalue weighted by Gasteiger charge is 2.27. The minimum atomic E-state index is 0.242. The van der Waals surface area contributed by atoms with E-state index in [4.69, 9.17) is 0 Å². The third-order valence-electron chi connectivity index (χ3n) is 2.09. The van der Waals surface area contributed by atoms with Crippen LogP contribution in [0.25, 0.3) is 0 Å². The molecule has 0 aliphatic carbocycles. The number of carbonyl (C=O) groups excluding carboxylic acids is 1. The second kappa shape index (κ2) is 3.72. The Kier molecular flexibility index (Phi) is 2.88. The van der Waals surface area contributed by atoms with E-state index in [0.717, 1.165) is 19.4 Å². The molecule has 0 bridgehead atoms. The Bertz CT molecular complexity index is 147. The van der Waals surface area contributed by atoms with E-state index in [0.29, 0.717) is 12.7 Å². The lowest BCUT2D eigenvalue weighted by molar-refractivity contribution is -0.127. The van der Waals surface area contributed by atoms with Crippen LogP contribution in [0.15, 0.2) is 0 Å². The van der Waals surface area contributed by atoms with Crippen molar-refractivity contribution in [1.82, 2.24) is 10.2 Å². The Balaban J connectivity index is 2.47. The molecule has 1 fully saturated rings. The highest BCUT2D eigenvalue weighted by atomic mass is 16.2. The summed E-state index contributed by atoms with van der Waals surface area (Å²) in [6.45, 7) is 5.51. The number of rotatable bonds is 3. The second-order valence-electron chi connectivity index (χ2n) is 2.87. The van der Waals surface area contributed by atoms with E-state index in [2.05, 4.69) is 12.2 Å². The van der Waals surface area contributed by atoms with Crippen LogP contribution in [0.1, 0.15) is 26.7 Å². The first kappa shape index (κ1) is 8.53. The van der Waals surface area contributed by atoms with E-state index in [-0.39, 0.29) is 5.91 Å². The SMILES string of the molecule is CCCC1NCC(=O)N1CC. The largest absolute Gasteiger partial charge is 0.326 e. The predicted molar refractivity (Wildman–Crippen MR) is 44.1 cm³/mol. The number of hydrogen-bond acceptors (Lipinski definition) is 2. The molecule has 3 nitrogen and oxygen atoms in total. The Labute approximate surface area is 67.8 Å². The molecule has 3 heteroatoms. The Morgan fingerprint density at radius 1 is 1.64 bits per heavy atom. The molecule has 0 spiro atoms. The van der Waals surface area contributed by atoms with Gasteiger partial charge in [-0.3, -0.25) is 10.1 Å². The summed E-state index contributed by atoms with van der Waals surface area (Å²) in [6, 6.07) is 0. The van der Waals surface area contributed by atoms with Crippen molar-refractivity contribution in [2.45, 2.75) is 32.9 Å². The molecule has 1 aliphatic heterocycles. The van der Waals surface area contributed by atoms with Gasteiger partial charge >= 0.3 is 0 Å². The number of carbonyl (C=O) groups is 1. The molecule has 0 aromatic carbocycles. The van der Waals surface area contributed by atoms with E-state index in [9.17, 15) is 4.79 Å². The third-order valence-corrected chi connectivity index (χ3v) is 2.09. The van der Waals surface area contributed by atoms with Gasteiger partial charge in [0, 0.05) is 6.54 Å². The van der Waals surface area contributed by atoms with Crippen LogP contribution >= 0.6 is 0 Å². The highest BCUT2D eigenvalue weighted by molar-refractivity contribution is 5.80. The lowest BCUT2D eigenvalue weighted by atomic mass is 10.2. The van der Waals surface area contributed by atoms with Crippen LogP contribution in [-0.2, 0) is 4.79 Å². The zero-order chi connectivity index (χ0) is 8.27. The first-order valence-corrected chi connectivity index (χ1v) is 4.32. The zero-order valence-corrected chi connectivity index (χ0v) is 7.26. The monoisotopic (exact) mass is 156 g/mol. The molecule has 1 atom stereocenters. The minimum absolute atomic E-state index is 0.242. The zero-order valence-electron chi connectivity index (χ0n) is 7.26. The molecule has 0 aromatic rings. The standard InChI is InChI=1S/C8H16N2O/c1-3-5-7-9-6-8(11)10(7)4-2/h7,9H,3-6H2,1-2H3. The van der Waals surface area contributed by atoms with Crippen molar-refractivity contribution in [2.75, 3.05) is 13.1 Å². The average Bonchev–Trinajstić information content (AvgIpc) is 2.33. The normalized spacial score (nSPS) is 24.7. The maximum Gasteiger partial charge on any atom is 0.237 e. The van der Waals surface area contributed by atoms with Crippen molar-refractivity contribution in [3.05, 3.63) is 0 Å². The van der Waals surface area contributed by atoms with Crippen molar-refractivity contribution >= 4 is 5.91 Å². The smallest absolute Gasteiger partial charge is 0.237 e. The lowest BCUT2D eigenvalue weighted by Gasteiger charge is -2.21. The van der Waals surface area contributed by atoms with Crippen molar-refractivity contribution in [3.8, 4) is 0 Å². The quantitative estimate of drug-likeness (QED) is 0.647. The predicted octanol–water partition coefficient (Wildman–Crippen LogP) is 0.564. The van der Waals surface area contributed by atoms with E-state index < -0.39 is 0 Å². The van der Waals surface area contributed by atoms with Gasteiger partial charge in [0.25, 0.3) is 0 Å². The van der Waals surface area contributed by atoms with Crippen LogP contribution in [0, 0.1) is 0 Å². The number of amides is 1. The molecule has 0 radical (unpaired) electrons. The number of nitrogens with one attached hydrogen (secondary N) is 1. The van der Waals surface area contributed by atoms with Gasteiger partial charge in [-0.15, -0.1) is 0 Å². The number of hydrogen-bond donors (Lipinski definition) is 1. The van der Waals surface area contributed by atoms with Crippen LogP contribution in [0.2, 0.25) is 0 Å². The van der Waals surface area contributed by atoms with Gasteiger partial charge in [-0.2, -0.15) is 0 Å². The van der Waals surface area contributed by atoms with Crippen molar-refractivity contribution in [1.29, 1.82) is 0 Å². The summed E-state index contributed by atoms with van der Waals surface area (Å²) in [6.07, 6.45) is 2.50. The van der Waals surface area contributed by atoms with Crippen LogP contribution in [-0.4, -0.2) is 30.1 Å². The lowest BCUT2D eigenvalue weighted by Crippen LogP contribution is -2.36. The fourth-order valence-corrected chi connectivity index (χ4v) is 1.52. The fourth-order valence-electron chi connectivity index (χ4n) is 1.52. The molecule has 64 valence electrons. The molecule has 0 aromatic heterocycles. The van der Waals surface area contributed by atoms with Gasteiger partial charge in [-0.1, -0.05) is 13.3 Å². The highest BCUT2D eigenvalue weighted by Crippen LogP contribution is 2.09. The molecule has 11 heavy (non-hydrogen) atoms. The Hall–Kier alpha value is -0.570. The fraction of sp³-hybridized carbons (Fsp3) is 0.875. The van der Waals surface area contributed by atoms with Crippen molar-refractivity contribution < 1.29 is 4.79 Å². The first-order chi connectivity index (χ1) is 5.29. The topological polar surface area (TPSA) is 32.3 Å². The summed E-state index contributed by atoms with van der Waals surface area (Å²) < 4.78 is 0. The molecule has 0 saturated carbocycles. The molecule has 1 unspecified atom stereocenters. The molecular weight excluding hydrogens is 140 g/mol. The van der Waals surface area contributed by atoms with Gasteiger partial charge < -0.3 is 4.90 Å². The Morgan fingerprint density at radius 2 is 2.36 bits per heavy atom. The molecule has 1 saturated heterocycles. The summed E-state index contributed by atoms with van der Waals surface area (Å²) in [5.74, 6) is 0.242. The van der Waals surface area contributed by atoms with E-state index >= 15 is 0 Å². The second-order valence-corrected chi connectivity index (χ2v) is 2.87. The summed E-state index contributed by atoms with van der Waals surface area (Å²) in [7, 11) is 0. The maximum atomic E-state index is 11.2. The van der Waals surface area contributed by atoms with Gasteiger partial charge in [0.05, 0.1) is 12.7 Å². The van der Waals surface area contributed by atoms with Crippen molar-refractivity contribution in [3.63, 3.8) is 0 Å². The van der Waals surface area contributed by atoms with E-state index in [1.54, 1.807) is 0 Å². The van der Waals surface area contributed by atoms with Crippen LogP contribution in [0.3, 0.4) is 0 Å². The number of likely N-dealkylation sites (N-methyl/N-ethyl adjacent to an activating group) is 1. The van der Waals surface area contributed by atoms with Crippen LogP contribution < -0.4 is 5.32 Å². The molecule has 1 N–H and O–H groups in total. The van der Waals surface area contributed by atoms with Gasteiger partial charge in [-0.05, 0) is 13.3 Å². The average molecular weight is 156 g/mol. The van der Waals surface area contributed by atoms with Crippen LogP contribution in [0.4, 0.5) is 0 Å². The molecule has 1 amide bonds. The molecule has 1 aliphatic rings. The van der Waals surface area contributed by atoms with Gasteiger partial charge in [0.15, 0.2) is 0 Å². The minimum Gasteiger partial charge on any atom is -0.326 e. The maximum absolute atomic E-state index is 11.2. The molecular formula is C8H16N2O. The summed E-state index contributed by atoms with van der Waals surface area (Å²) >= 11 is 0. The van der Waals surface area contributed by atoms with Gasteiger partial charge in [0.1, 0.15) is 0 Å². The van der Waals surface area contributed by atoms with Crippen LogP contribution in [0.5, 0.6) is 0 Å². The van der Waals surface area contributed by atoms with Gasteiger partial charge in [0.2, 0.25) is 5.91 Å². The third kappa shape index (κ3) is 1.71. The summed E-state index contributed by atoms with van der Waals surface area (Å²) in [5, 5.41) is 3.18. The molecule has 1 heterocycles. The van der Waals surface area contributed by atoms with Crippen molar-refractivity contribution in [2.24, 2.45) is 0 Å². The summed E-state index contributed by atoms with van der Waals surface area (Å²) in [5.41, 5.74) is 0. The summed E-state index contributed by atoms with van der Waals surface area (Å²) in [4.78, 5) is 13.1. The van der Waals surface area contributed by atoms with Gasteiger partial charge in [-0.25, -0.2) is 0 Å². The molecule has 1 rings (SSSR count). The number of nitrogens with zero attached hydrogens (tertiary/aromatic N) is 1. The first-order valence-electron chi connectivity index (χ1n) is 4.32. The van der Waals surface area contributed by atoms with E-state index in [1.807, 2.05) is 11.8 Å².